The van der Waals surface area contributed by atoms with Crippen molar-refractivity contribution in [2.24, 2.45) is 0 Å². The van der Waals surface area contributed by atoms with Crippen molar-refractivity contribution in [2.75, 3.05) is 36.4 Å². The maximum atomic E-state index is 12.7. The maximum absolute atomic E-state index is 12.7. The Morgan fingerprint density at radius 3 is 2.41 bits per heavy atom. The Morgan fingerprint density at radius 2 is 1.78 bits per heavy atom. The molecular weight excluding hydrogens is 423 g/mol. The van der Waals surface area contributed by atoms with Gasteiger partial charge in [0.15, 0.2) is 0 Å². The van der Waals surface area contributed by atoms with Crippen LogP contribution in [-0.4, -0.2) is 56.9 Å². The van der Waals surface area contributed by atoms with Gasteiger partial charge >= 0.3 is 6.18 Å². The summed E-state index contributed by atoms with van der Waals surface area (Å²) in [7, 11) is 0. The van der Waals surface area contributed by atoms with Crippen LogP contribution >= 0.6 is 0 Å². The second-order valence-corrected chi connectivity index (χ2v) is 7.21. The van der Waals surface area contributed by atoms with E-state index in [1.807, 2.05) is 29.2 Å². The summed E-state index contributed by atoms with van der Waals surface area (Å²) in [6, 6.07) is 9.32. The lowest BCUT2D eigenvalue weighted by molar-refractivity contribution is -0.141. The standard InChI is InChI=1S/C21H20F3N7O/c1-14-27-18(29-17-4-2-3-7-25-17)12-19(28-14)30-8-10-31(11-9-30)20(32)15-5-6-16(26-13-15)21(22,23)24/h2-7,12-13H,8-11H2,1H3,(H,25,27,28,29). The molecule has 1 aliphatic heterocycles. The number of aryl methyl sites for hydroxylation is 1. The summed E-state index contributed by atoms with van der Waals surface area (Å²) < 4.78 is 38.0. The number of anilines is 3. The largest absolute Gasteiger partial charge is 0.433 e. The highest BCUT2D eigenvalue weighted by Gasteiger charge is 2.32. The Morgan fingerprint density at radius 1 is 1.00 bits per heavy atom. The van der Waals surface area contributed by atoms with Crippen molar-refractivity contribution in [1.82, 2.24) is 24.8 Å². The number of alkyl halides is 3. The molecule has 0 saturated carbocycles. The number of hydrogen-bond donors (Lipinski definition) is 1. The average molecular weight is 443 g/mol. The molecule has 8 nitrogen and oxygen atoms in total. The zero-order valence-electron chi connectivity index (χ0n) is 17.2. The summed E-state index contributed by atoms with van der Waals surface area (Å²) in [6.07, 6.45) is -1.88. The van der Waals surface area contributed by atoms with E-state index < -0.39 is 11.9 Å². The first-order chi connectivity index (χ1) is 15.3. The van der Waals surface area contributed by atoms with Crippen molar-refractivity contribution in [3.63, 3.8) is 0 Å². The Labute approximate surface area is 182 Å². The number of nitrogens with zero attached hydrogens (tertiary/aromatic N) is 6. The first-order valence-electron chi connectivity index (χ1n) is 9.91. The molecule has 0 unspecified atom stereocenters. The van der Waals surface area contributed by atoms with Crippen LogP contribution in [0.3, 0.4) is 0 Å². The number of carbonyl (C=O) groups excluding carboxylic acids is 1. The van der Waals surface area contributed by atoms with Gasteiger partial charge in [-0.1, -0.05) is 6.07 Å². The van der Waals surface area contributed by atoms with Gasteiger partial charge in [0, 0.05) is 44.6 Å². The number of halogens is 3. The van der Waals surface area contributed by atoms with Gasteiger partial charge in [0.05, 0.1) is 5.56 Å². The van der Waals surface area contributed by atoms with Crippen molar-refractivity contribution >= 4 is 23.4 Å². The molecule has 0 aromatic carbocycles. The Kier molecular flexibility index (Phi) is 5.89. The molecule has 11 heteroatoms. The predicted octanol–water partition coefficient (Wildman–Crippen LogP) is 3.30. The van der Waals surface area contributed by atoms with Gasteiger partial charge in [0.2, 0.25) is 0 Å². The highest BCUT2D eigenvalue weighted by atomic mass is 19.4. The molecule has 166 valence electrons. The fourth-order valence-electron chi connectivity index (χ4n) is 3.36. The van der Waals surface area contributed by atoms with Crippen molar-refractivity contribution in [3.05, 3.63) is 65.9 Å². The van der Waals surface area contributed by atoms with E-state index in [4.69, 9.17) is 0 Å². The van der Waals surface area contributed by atoms with Gasteiger partial charge in [-0.2, -0.15) is 13.2 Å². The fourth-order valence-corrected chi connectivity index (χ4v) is 3.36. The third kappa shape index (κ3) is 4.93. The number of amides is 1. The molecule has 0 aliphatic carbocycles. The van der Waals surface area contributed by atoms with Crippen LogP contribution < -0.4 is 10.2 Å². The van der Waals surface area contributed by atoms with E-state index in [1.165, 1.54) is 0 Å². The second-order valence-electron chi connectivity index (χ2n) is 7.21. The number of carbonyl (C=O) groups is 1. The van der Waals surface area contributed by atoms with Gasteiger partial charge in [-0.25, -0.2) is 15.0 Å². The number of hydrogen-bond acceptors (Lipinski definition) is 7. The second kappa shape index (κ2) is 8.77. The molecular formula is C21H20F3N7O. The van der Waals surface area contributed by atoms with Crippen LogP contribution in [0, 0.1) is 6.92 Å². The van der Waals surface area contributed by atoms with E-state index in [-0.39, 0.29) is 11.5 Å². The van der Waals surface area contributed by atoms with Gasteiger partial charge in [0.25, 0.3) is 5.91 Å². The van der Waals surface area contributed by atoms with Crippen molar-refractivity contribution in [1.29, 1.82) is 0 Å². The van der Waals surface area contributed by atoms with E-state index in [2.05, 4.69) is 25.3 Å². The fraction of sp³-hybridized carbons (Fsp3) is 0.286. The Balaban J connectivity index is 1.40. The minimum atomic E-state index is -4.53. The summed E-state index contributed by atoms with van der Waals surface area (Å²) >= 11 is 0. The summed E-state index contributed by atoms with van der Waals surface area (Å²) in [5, 5.41) is 3.15. The number of pyridine rings is 2. The first kappa shape index (κ1) is 21.5. The smallest absolute Gasteiger partial charge is 0.353 e. The van der Waals surface area contributed by atoms with Gasteiger partial charge in [-0.3, -0.25) is 9.78 Å². The molecule has 1 aliphatic rings. The molecule has 0 radical (unpaired) electrons. The van der Waals surface area contributed by atoms with E-state index in [0.29, 0.717) is 43.6 Å². The lowest BCUT2D eigenvalue weighted by Crippen LogP contribution is -2.49. The zero-order valence-corrected chi connectivity index (χ0v) is 17.2. The monoisotopic (exact) mass is 443 g/mol. The summed E-state index contributed by atoms with van der Waals surface area (Å²) in [6.45, 7) is 3.67. The quantitative estimate of drug-likeness (QED) is 0.662. The van der Waals surface area contributed by atoms with E-state index >= 15 is 0 Å². The van der Waals surface area contributed by atoms with E-state index in [1.54, 1.807) is 18.0 Å². The van der Waals surface area contributed by atoms with E-state index in [9.17, 15) is 18.0 Å². The lowest BCUT2D eigenvalue weighted by Gasteiger charge is -2.35. The molecule has 0 atom stereocenters. The SMILES string of the molecule is Cc1nc(Nc2ccccn2)cc(N2CCN(C(=O)c3ccc(C(F)(F)F)nc3)CC2)n1. The molecule has 3 aromatic rings. The summed E-state index contributed by atoms with van der Waals surface area (Å²) in [5.74, 6) is 2.24. The third-order valence-corrected chi connectivity index (χ3v) is 4.94. The number of aromatic nitrogens is 4. The number of nitrogens with one attached hydrogen (secondary N) is 1. The zero-order chi connectivity index (χ0) is 22.7. The summed E-state index contributed by atoms with van der Waals surface area (Å²) in [5.41, 5.74) is -0.890. The molecule has 0 bridgehead atoms. The molecule has 1 N–H and O–H groups in total. The topological polar surface area (TPSA) is 87.1 Å². The minimum Gasteiger partial charge on any atom is -0.353 e. The highest BCUT2D eigenvalue weighted by molar-refractivity contribution is 5.94. The summed E-state index contributed by atoms with van der Waals surface area (Å²) in [4.78, 5) is 32.8. The number of piperazine rings is 1. The molecule has 1 fully saturated rings. The normalized spacial score (nSPS) is 14.4. The molecule has 0 spiro atoms. The molecule has 1 saturated heterocycles. The molecule has 1 amide bonds. The van der Waals surface area contributed by atoms with Crippen molar-refractivity contribution in [2.45, 2.75) is 13.1 Å². The highest BCUT2D eigenvalue weighted by Crippen LogP contribution is 2.27. The van der Waals surface area contributed by atoms with Gasteiger partial charge in [-0.15, -0.1) is 0 Å². The van der Waals surface area contributed by atoms with Gasteiger partial charge < -0.3 is 15.1 Å². The minimum absolute atomic E-state index is 0.131. The first-order valence-corrected chi connectivity index (χ1v) is 9.91. The molecule has 32 heavy (non-hydrogen) atoms. The van der Waals surface area contributed by atoms with Crippen LogP contribution in [0.4, 0.5) is 30.6 Å². The van der Waals surface area contributed by atoms with Crippen molar-refractivity contribution in [3.8, 4) is 0 Å². The molecule has 3 aromatic heterocycles. The van der Waals surface area contributed by atoms with Crippen LogP contribution in [0.5, 0.6) is 0 Å². The van der Waals surface area contributed by atoms with Gasteiger partial charge in [-0.05, 0) is 31.2 Å². The van der Waals surface area contributed by atoms with Crippen LogP contribution in [0.15, 0.2) is 48.8 Å². The van der Waals surface area contributed by atoms with Gasteiger partial charge in [0.1, 0.15) is 29.0 Å². The van der Waals surface area contributed by atoms with Crippen molar-refractivity contribution < 1.29 is 18.0 Å². The Hall–Kier alpha value is -3.76. The van der Waals surface area contributed by atoms with Crippen LogP contribution in [-0.2, 0) is 6.18 Å². The lowest BCUT2D eigenvalue weighted by atomic mass is 10.2. The van der Waals surface area contributed by atoms with Crippen LogP contribution in [0.2, 0.25) is 0 Å². The third-order valence-electron chi connectivity index (χ3n) is 4.94. The predicted molar refractivity (Wildman–Crippen MR) is 112 cm³/mol. The number of rotatable bonds is 4. The van der Waals surface area contributed by atoms with Crippen LogP contribution in [0.1, 0.15) is 21.9 Å². The van der Waals surface area contributed by atoms with Crippen LogP contribution in [0.25, 0.3) is 0 Å². The molecule has 4 heterocycles. The van der Waals surface area contributed by atoms with E-state index in [0.717, 1.165) is 24.1 Å². The Bertz CT molecular complexity index is 1080. The average Bonchev–Trinajstić information content (AvgIpc) is 2.78. The maximum Gasteiger partial charge on any atom is 0.433 e. The molecule has 4 rings (SSSR count).